The number of aromatic carboxylic acids is 1. The summed E-state index contributed by atoms with van der Waals surface area (Å²) in [5.41, 5.74) is 1.72. The van der Waals surface area contributed by atoms with Gasteiger partial charge in [0.1, 0.15) is 23.9 Å². The van der Waals surface area contributed by atoms with E-state index >= 15 is 0 Å². The zero-order valence-electron chi connectivity index (χ0n) is 18.4. The molecule has 4 rings (SSSR count). The number of carbonyl (C=O) groups is 1. The molecule has 0 saturated carbocycles. The molecule has 168 valence electrons. The van der Waals surface area contributed by atoms with Crippen molar-refractivity contribution in [3.63, 3.8) is 0 Å². The maximum Gasteiger partial charge on any atom is 0.372 e. The van der Waals surface area contributed by atoms with Crippen LogP contribution in [0.25, 0.3) is 21.9 Å². The molecule has 4 aromatic rings. The van der Waals surface area contributed by atoms with Gasteiger partial charge in [0.25, 0.3) is 0 Å². The molecule has 0 spiro atoms. The van der Waals surface area contributed by atoms with Crippen LogP contribution in [0.5, 0.6) is 17.2 Å². The van der Waals surface area contributed by atoms with E-state index in [0.29, 0.717) is 34.8 Å². The van der Waals surface area contributed by atoms with E-state index in [0.717, 1.165) is 11.1 Å². The van der Waals surface area contributed by atoms with Gasteiger partial charge in [-0.25, -0.2) is 9.59 Å². The fourth-order valence-corrected chi connectivity index (χ4v) is 3.73. The standard InChI is InChI=1S/C26H22O7/c1-15-21(30-2)11-17(12-22(15)31-3)23-19-10-9-18(32-14-16-7-5-4-6-8-16)13-20(19)26(29)33-24(23)25(27)28/h4-13H,14H2,1-3H3,(H,27,28). The smallest absolute Gasteiger partial charge is 0.372 e. The van der Waals surface area contributed by atoms with Gasteiger partial charge in [-0.15, -0.1) is 0 Å². The number of ether oxygens (including phenoxy) is 3. The van der Waals surface area contributed by atoms with Crippen LogP contribution in [0.4, 0.5) is 0 Å². The largest absolute Gasteiger partial charge is 0.496 e. The summed E-state index contributed by atoms with van der Waals surface area (Å²) < 4.78 is 21.9. The predicted octanol–water partition coefficient (Wildman–Crippen LogP) is 5.06. The minimum Gasteiger partial charge on any atom is -0.496 e. The Labute approximate surface area is 189 Å². The molecule has 0 unspecified atom stereocenters. The summed E-state index contributed by atoms with van der Waals surface area (Å²) in [6, 6.07) is 17.9. The topological polar surface area (TPSA) is 95.2 Å². The summed E-state index contributed by atoms with van der Waals surface area (Å²) in [4.78, 5) is 24.7. The Hall–Kier alpha value is -4.26. The number of carboxylic acids is 1. The maximum absolute atomic E-state index is 12.7. The van der Waals surface area contributed by atoms with E-state index in [1.165, 1.54) is 14.2 Å². The lowest BCUT2D eigenvalue weighted by Gasteiger charge is -2.15. The molecular weight excluding hydrogens is 424 g/mol. The van der Waals surface area contributed by atoms with Crippen LogP contribution in [0, 0.1) is 6.92 Å². The molecule has 1 aromatic heterocycles. The van der Waals surface area contributed by atoms with Gasteiger partial charge in [0.2, 0.25) is 5.76 Å². The van der Waals surface area contributed by atoms with Gasteiger partial charge < -0.3 is 23.7 Å². The first-order chi connectivity index (χ1) is 15.9. The van der Waals surface area contributed by atoms with Gasteiger partial charge in [0.15, 0.2) is 0 Å². The van der Waals surface area contributed by atoms with Crippen molar-refractivity contribution in [2.75, 3.05) is 14.2 Å². The average Bonchev–Trinajstić information content (AvgIpc) is 2.83. The van der Waals surface area contributed by atoms with Gasteiger partial charge in [0, 0.05) is 16.5 Å². The molecule has 0 aliphatic carbocycles. The number of hydrogen-bond acceptors (Lipinski definition) is 6. The molecular formula is C26H22O7. The lowest BCUT2D eigenvalue weighted by atomic mass is 9.96. The van der Waals surface area contributed by atoms with E-state index in [1.807, 2.05) is 37.3 Å². The highest BCUT2D eigenvalue weighted by Crippen LogP contribution is 2.39. The molecule has 0 aliphatic heterocycles. The molecule has 0 aliphatic rings. The Morgan fingerprint density at radius 1 is 0.939 bits per heavy atom. The summed E-state index contributed by atoms with van der Waals surface area (Å²) in [5, 5.41) is 10.4. The molecule has 0 amide bonds. The zero-order valence-corrected chi connectivity index (χ0v) is 18.4. The highest BCUT2D eigenvalue weighted by atomic mass is 16.5. The van der Waals surface area contributed by atoms with Crippen molar-refractivity contribution in [1.82, 2.24) is 0 Å². The average molecular weight is 446 g/mol. The van der Waals surface area contributed by atoms with Crippen LogP contribution in [-0.2, 0) is 6.61 Å². The fourth-order valence-electron chi connectivity index (χ4n) is 3.73. The summed E-state index contributed by atoms with van der Waals surface area (Å²) >= 11 is 0. The van der Waals surface area contributed by atoms with E-state index in [4.69, 9.17) is 18.6 Å². The van der Waals surface area contributed by atoms with Gasteiger partial charge in [-0.3, -0.25) is 0 Å². The van der Waals surface area contributed by atoms with E-state index in [9.17, 15) is 14.7 Å². The second kappa shape index (κ2) is 9.08. The lowest BCUT2D eigenvalue weighted by molar-refractivity contribution is 0.0659. The fraction of sp³-hybridized carbons (Fsp3) is 0.154. The Bertz CT molecular complexity index is 1360. The van der Waals surface area contributed by atoms with Crippen molar-refractivity contribution in [2.45, 2.75) is 13.5 Å². The van der Waals surface area contributed by atoms with Crippen molar-refractivity contribution in [3.8, 4) is 28.4 Å². The third-order valence-corrected chi connectivity index (χ3v) is 5.39. The van der Waals surface area contributed by atoms with Crippen LogP contribution >= 0.6 is 0 Å². The molecule has 7 nitrogen and oxygen atoms in total. The SMILES string of the molecule is COc1cc(-c2c(C(=O)O)oc(=O)c3cc(OCc4ccccc4)ccc23)cc(OC)c1C. The minimum atomic E-state index is -1.35. The monoisotopic (exact) mass is 446 g/mol. The van der Waals surface area contributed by atoms with Crippen LogP contribution in [0.2, 0.25) is 0 Å². The Morgan fingerprint density at radius 3 is 2.21 bits per heavy atom. The first kappa shape index (κ1) is 22.0. The van der Waals surface area contributed by atoms with Crippen molar-refractivity contribution >= 4 is 16.7 Å². The zero-order chi connectivity index (χ0) is 23.5. The molecule has 0 bridgehead atoms. The van der Waals surface area contributed by atoms with Crippen molar-refractivity contribution in [1.29, 1.82) is 0 Å². The second-order valence-corrected chi connectivity index (χ2v) is 7.39. The van der Waals surface area contributed by atoms with Crippen LogP contribution in [0.15, 0.2) is 69.9 Å². The van der Waals surface area contributed by atoms with Crippen LogP contribution < -0.4 is 19.8 Å². The number of fused-ring (bicyclic) bond motifs is 1. The first-order valence-electron chi connectivity index (χ1n) is 10.2. The van der Waals surface area contributed by atoms with Crippen molar-refractivity contribution in [3.05, 3.63) is 88.0 Å². The molecule has 0 radical (unpaired) electrons. The normalized spacial score (nSPS) is 10.8. The Morgan fingerprint density at radius 2 is 1.61 bits per heavy atom. The van der Waals surface area contributed by atoms with Gasteiger partial charge in [0.05, 0.1) is 19.6 Å². The van der Waals surface area contributed by atoms with Gasteiger partial charge in [-0.1, -0.05) is 30.3 Å². The predicted molar refractivity (Wildman–Crippen MR) is 123 cm³/mol. The van der Waals surface area contributed by atoms with E-state index in [2.05, 4.69) is 0 Å². The molecule has 1 N–H and O–H groups in total. The van der Waals surface area contributed by atoms with Crippen LogP contribution in [0.1, 0.15) is 21.7 Å². The summed E-state index contributed by atoms with van der Waals surface area (Å²) in [6.07, 6.45) is 0. The highest BCUT2D eigenvalue weighted by molar-refractivity contribution is 6.05. The van der Waals surface area contributed by atoms with E-state index < -0.39 is 17.4 Å². The second-order valence-electron chi connectivity index (χ2n) is 7.39. The van der Waals surface area contributed by atoms with Gasteiger partial charge >= 0.3 is 11.6 Å². The molecule has 0 saturated heterocycles. The molecule has 33 heavy (non-hydrogen) atoms. The van der Waals surface area contributed by atoms with Crippen LogP contribution in [-0.4, -0.2) is 25.3 Å². The Kier molecular flexibility index (Phi) is 6.04. The molecule has 7 heteroatoms. The number of methoxy groups -OCH3 is 2. The van der Waals surface area contributed by atoms with Crippen LogP contribution in [0.3, 0.4) is 0 Å². The van der Waals surface area contributed by atoms with E-state index in [1.54, 1.807) is 30.3 Å². The minimum absolute atomic E-state index is 0.207. The number of carboxylic acid groups (broad SMARTS) is 1. The summed E-state index contributed by atoms with van der Waals surface area (Å²) in [6.45, 7) is 2.16. The highest BCUT2D eigenvalue weighted by Gasteiger charge is 2.23. The third-order valence-electron chi connectivity index (χ3n) is 5.39. The lowest BCUT2D eigenvalue weighted by Crippen LogP contribution is -2.10. The van der Waals surface area contributed by atoms with Crippen molar-refractivity contribution < 1.29 is 28.5 Å². The Balaban J connectivity index is 1.88. The van der Waals surface area contributed by atoms with E-state index in [-0.39, 0.29) is 10.9 Å². The summed E-state index contributed by atoms with van der Waals surface area (Å²) in [7, 11) is 3.03. The summed E-state index contributed by atoms with van der Waals surface area (Å²) in [5.74, 6) is -0.317. The molecule has 1 heterocycles. The van der Waals surface area contributed by atoms with Crippen molar-refractivity contribution in [2.24, 2.45) is 0 Å². The number of rotatable bonds is 7. The van der Waals surface area contributed by atoms with Gasteiger partial charge in [-0.2, -0.15) is 0 Å². The first-order valence-corrected chi connectivity index (χ1v) is 10.2. The quantitative estimate of drug-likeness (QED) is 0.424. The number of hydrogen-bond donors (Lipinski definition) is 1. The van der Waals surface area contributed by atoms with Gasteiger partial charge in [-0.05, 0) is 48.4 Å². The molecule has 0 atom stereocenters. The molecule has 3 aromatic carbocycles. The number of benzene rings is 3. The third kappa shape index (κ3) is 4.25. The molecule has 0 fully saturated rings. The maximum atomic E-state index is 12.7.